The molecule has 2 nitrogen and oxygen atoms in total. The normalized spacial score (nSPS) is 38.3. The Balaban J connectivity index is 1.91. The van der Waals surface area contributed by atoms with Gasteiger partial charge in [-0.05, 0) is 13.0 Å². The molecule has 0 radical (unpaired) electrons. The lowest BCUT2D eigenvalue weighted by Crippen LogP contribution is -2.27. The van der Waals surface area contributed by atoms with Crippen LogP contribution in [0.5, 0.6) is 0 Å². The molecule has 0 spiro atoms. The molecule has 76 valence electrons. The lowest BCUT2D eigenvalue weighted by molar-refractivity contribution is 0.0967. The van der Waals surface area contributed by atoms with E-state index in [2.05, 4.69) is 11.9 Å². The van der Waals surface area contributed by atoms with Crippen molar-refractivity contribution in [3.8, 4) is 0 Å². The molecule has 13 heavy (non-hydrogen) atoms. The zero-order valence-electron chi connectivity index (χ0n) is 8.58. The van der Waals surface area contributed by atoms with E-state index in [1.54, 1.807) is 0 Å². The molecule has 0 unspecified atom stereocenters. The van der Waals surface area contributed by atoms with Gasteiger partial charge >= 0.3 is 0 Å². The van der Waals surface area contributed by atoms with E-state index in [0.29, 0.717) is 5.92 Å². The number of rotatable bonds is 1. The molecule has 0 aromatic heterocycles. The number of likely N-dealkylation sites (tertiary alicyclic amines) is 1. The van der Waals surface area contributed by atoms with E-state index in [9.17, 15) is 5.11 Å². The molecule has 0 bridgehead atoms. The summed E-state index contributed by atoms with van der Waals surface area (Å²) in [4.78, 5) is 2.27. The van der Waals surface area contributed by atoms with Crippen molar-refractivity contribution in [3.05, 3.63) is 0 Å². The van der Waals surface area contributed by atoms with Crippen LogP contribution >= 0.6 is 0 Å². The summed E-state index contributed by atoms with van der Waals surface area (Å²) >= 11 is 0. The predicted molar refractivity (Wildman–Crippen MR) is 53.6 cm³/mol. The van der Waals surface area contributed by atoms with Gasteiger partial charge in [-0.15, -0.1) is 0 Å². The molecule has 2 fully saturated rings. The lowest BCUT2D eigenvalue weighted by Gasteiger charge is -2.28. The molecule has 0 aromatic rings. The maximum absolute atomic E-state index is 9.87. The Morgan fingerprint density at radius 2 is 1.77 bits per heavy atom. The van der Waals surface area contributed by atoms with Gasteiger partial charge in [0.2, 0.25) is 0 Å². The maximum atomic E-state index is 9.87. The second-order valence-electron chi connectivity index (χ2n) is 4.85. The number of β-amino-alcohol motifs (C(OH)–C–C–N with tert-alkyl or cyclic N) is 1. The van der Waals surface area contributed by atoms with Crippen LogP contribution in [0.15, 0.2) is 0 Å². The highest BCUT2D eigenvalue weighted by molar-refractivity contribution is 4.87. The molecule has 1 aliphatic carbocycles. The molecule has 1 aliphatic heterocycles. The summed E-state index contributed by atoms with van der Waals surface area (Å²) in [5.74, 6) is 1.39. The third-order valence-electron chi connectivity index (χ3n) is 3.77. The van der Waals surface area contributed by atoms with Gasteiger partial charge in [0, 0.05) is 19.0 Å². The van der Waals surface area contributed by atoms with E-state index >= 15 is 0 Å². The summed E-state index contributed by atoms with van der Waals surface area (Å²) in [6.07, 6.45) is 6.85. The first kappa shape index (κ1) is 9.47. The second kappa shape index (κ2) is 3.97. The first-order valence-corrected chi connectivity index (χ1v) is 5.64. The van der Waals surface area contributed by atoms with E-state index < -0.39 is 0 Å². The average Bonchev–Trinajstić information content (AvgIpc) is 2.47. The summed E-state index contributed by atoms with van der Waals surface area (Å²) in [7, 11) is 2.12. The van der Waals surface area contributed by atoms with E-state index in [4.69, 9.17) is 0 Å². The number of aliphatic hydroxyl groups excluding tert-OH is 1. The van der Waals surface area contributed by atoms with Crippen molar-refractivity contribution in [1.82, 2.24) is 4.90 Å². The zero-order chi connectivity index (χ0) is 9.26. The molecule has 2 aliphatic rings. The van der Waals surface area contributed by atoms with Gasteiger partial charge in [-0.3, -0.25) is 0 Å². The van der Waals surface area contributed by atoms with Crippen LogP contribution < -0.4 is 0 Å². The Morgan fingerprint density at radius 3 is 2.31 bits per heavy atom. The van der Waals surface area contributed by atoms with Crippen LogP contribution in [-0.4, -0.2) is 36.2 Å². The van der Waals surface area contributed by atoms with Crippen molar-refractivity contribution in [2.45, 2.75) is 38.2 Å². The summed E-state index contributed by atoms with van der Waals surface area (Å²) < 4.78 is 0. The highest BCUT2D eigenvalue weighted by Crippen LogP contribution is 2.34. The van der Waals surface area contributed by atoms with Crippen LogP contribution in [0.4, 0.5) is 0 Å². The number of nitrogens with zero attached hydrogens (tertiary/aromatic N) is 1. The largest absolute Gasteiger partial charge is 0.391 e. The van der Waals surface area contributed by atoms with Crippen molar-refractivity contribution >= 4 is 0 Å². The van der Waals surface area contributed by atoms with Crippen molar-refractivity contribution in [3.63, 3.8) is 0 Å². The lowest BCUT2D eigenvalue weighted by atomic mass is 9.79. The zero-order valence-corrected chi connectivity index (χ0v) is 8.58. The van der Waals surface area contributed by atoms with Gasteiger partial charge in [0.05, 0.1) is 6.10 Å². The Morgan fingerprint density at radius 1 is 1.08 bits per heavy atom. The van der Waals surface area contributed by atoms with Gasteiger partial charge < -0.3 is 10.0 Å². The van der Waals surface area contributed by atoms with Crippen LogP contribution in [0.3, 0.4) is 0 Å². The monoisotopic (exact) mass is 183 g/mol. The topological polar surface area (TPSA) is 23.5 Å². The summed E-state index contributed by atoms with van der Waals surface area (Å²) in [6, 6.07) is 0. The molecule has 1 saturated heterocycles. The Hall–Kier alpha value is -0.0800. The van der Waals surface area contributed by atoms with Crippen LogP contribution in [0, 0.1) is 11.8 Å². The van der Waals surface area contributed by atoms with E-state index in [0.717, 1.165) is 19.0 Å². The first-order valence-electron chi connectivity index (χ1n) is 5.64. The van der Waals surface area contributed by atoms with Gasteiger partial charge in [0.15, 0.2) is 0 Å². The highest BCUT2D eigenvalue weighted by atomic mass is 16.3. The van der Waals surface area contributed by atoms with Gasteiger partial charge in [-0.2, -0.15) is 0 Å². The van der Waals surface area contributed by atoms with Crippen LogP contribution in [0.25, 0.3) is 0 Å². The number of hydrogen-bond donors (Lipinski definition) is 1. The molecule has 1 heterocycles. The fourth-order valence-corrected chi connectivity index (χ4v) is 3.04. The van der Waals surface area contributed by atoms with E-state index in [-0.39, 0.29) is 6.10 Å². The average molecular weight is 183 g/mol. The molecule has 2 heteroatoms. The Labute approximate surface area is 80.9 Å². The molecular formula is C11H21NO. The number of hydrogen-bond acceptors (Lipinski definition) is 2. The van der Waals surface area contributed by atoms with Gasteiger partial charge in [-0.1, -0.05) is 32.1 Å². The number of likely N-dealkylation sites (N-methyl/N-ethyl adjacent to an activating group) is 1. The fraction of sp³-hybridized carbons (Fsp3) is 1.00. The van der Waals surface area contributed by atoms with Crippen LogP contribution in [0.1, 0.15) is 32.1 Å². The molecule has 0 amide bonds. The Kier molecular flexibility index (Phi) is 2.89. The van der Waals surface area contributed by atoms with E-state index in [1.807, 2.05) is 0 Å². The van der Waals surface area contributed by atoms with Crippen molar-refractivity contribution in [1.29, 1.82) is 0 Å². The summed E-state index contributed by atoms with van der Waals surface area (Å²) in [5.41, 5.74) is 0. The van der Waals surface area contributed by atoms with Crippen molar-refractivity contribution in [2.75, 3.05) is 20.1 Å². The SMILES string of the molecule is CN1C[C@H](C2CCCCC2)[C@@H](O)C1. The van der Waals surface area contributed by atoms with Crippen molar-refractivity contribution in [2.24, 2.45) is 11.8 Å². The van der Waals surface area contributed by atoms with Gasteiger partial charge in [-0.25, -0.2) is 0 Å². The van der Waals surface area contributed by atoms with Crippen LogP contribution in [0.2, 0.25) is 0 Å². The second-order valence-corrected chi connectivity index (χ2v) is 4.85. The minimum Gasteiger partial charge on any atom is -0.391 e. The first-order chi connectivity index (χ1) is 6.27. The maximum Gasteiger partial charge on any atom is 0.0709 e. The molecule has 1 saturated carbocycles. The number of aliphatic hydroxyl groups is 1. The molecule has 2 rings (SSSR count). The van der Waals surface area contributed by atoms with Gasteiger partial charge in [0.25, 0.3) is 0 Å². The third kappa shape index (κ3) is 2.05. The van der Waals surface area contributed by atoms with Gasteiger partial charge in [0.1, 0.15) is 0 Å². The minimum absolute atomic E-state index is 0.0481. The minimum atomic E-state index is -0.0481. The molecular weight excluding hydrogens is 162 g/mol. The summed E-state index contributed by atoms with van der Waals surface area (Å²) in [5, 5.41) is 9.87. The summed E-state index contributed by atoms with van der Waals surface area (Å²) in [6.45, 7) is 2.01. The quantitative estimate of drug-likeness (QED) is 0.666. The predicted octanol–water partition coefficient (Wildman–Crippen LogP) is 1.49. The smallest absolute Gasteiger partial charge is 0.0709 e. The highest BCUT2D eigenvalue weighted by Gasteiger charge is 2.35. The van der Waals surface area contributed by atoms with Crippen molar-refractivity contribution < 1.29 is 5.11 Å². The van der Waals surface area contributed by atoms with Crippen LogP contribution in [-0.2, 0) is 0 Å². The molecule has 2 atom stereocenters. The van der Waals surface area contributed by atoms with E-state index in [1.165, 1.54) is 32.1 Å². The Bertz CT molecular complexity index is 165. The fourth-order valence-electron chi connectivity index (χ4n) is 3.04. The third-order valence-corrected chi connectivity index (χ3v) is 3.77. The molecule has 1 N–H and O–H groups in total. The standard InChI is InChI=1S/C11H21NO/c1-12-7-10(11(13)8-12)9-5-3-2-4-6-9/h9-11,13H,2-8H2,1H3/t10-,11+/m1/s1. The molecule has 0 aromatic carbocycles.